The summed E-state index contributed by atoms with van der Waals surface area (Å²) >= 11 is 1.38. The van der Waals surface area contributed by atoms with Gasteiger partial charge in [-0.3, -0.25) is 4.79 Å². The summed E-state index contributed by atoms with van der Waals surface area (Å²) in [5, 5.41) is 0. The standard InChI is InChI=1S/C34H46N4O7S2/c1-34(2,3)45-33(40)37-19-17-36(18-20-37)28-11-7-10-25-26(28)23-38(32(25)39)27(24-14-15-29(43-5)30(22-24)44-6)12-8-16-35(4)47(41,42)31-13-9-21-46-31/h7,10-11,13-15,22,27H,8-9,12,16-21,23H2,1-6H3/t27-/m1/s1. The first-order valence-corrected chi connectivity index (χ1v) is 18.4. The molecule has 11 nitrogen and oxygen atoms in total. The molecule has 2 amide bonds. The minimum Gasteiger partial charge on any atom is -0.493 e. The molecule has 1 atom stereocenters. The molecule has 3 heterocycles. The minimum atomic E-state index is -3.53. The Morgan fingerprint density at radius 1 is 1.04 bits per heavy atom. The van der Waals surface area contributed by atoms with Gasteiger partial charge in [-0.1, -0.05) is 18.2 Å². The molecule has 0 aliphatic carbocycles. The molecular formula is C34H46N4O7S2. The van der Waals surface area contributed by atoms with Gasteiger partial charge in [-0.15, -0.1) is 11.8 Å². The highest BCUT2D eigenvalue weighted by molar-refractivity contribution is 8.18. The summed E-state index contributed by atoms with van der Waals surface area (Å²) in [7, 11) is 1.25. The molecule has 0 bridgehead atoms. The number of amides is 2. The lowest BCUT2D eigenvalue weighted by Gasteiger charge is -2.37. The van der Waals surface area contributed by atoms with E-state index in [-0.39, 0.29) is 18.0 Å². The van der Waals surface area contributed by atoms with Crippen LogP contribution < -0.4 is 14.4 Å². The van der Waals surface area contributed by atoms with Crippen molar-refractivity contribution >= 4 is 39.5 Å². The molecule has 1 fully saturated rings. The van der Waals surface area contributed by atoms with Crippen LogP contribution in [-0.4, -0.2) is 99.9 Å². The normalized spacial score (nSPS) is 17.6. The molecule has 0 unspecified atom stereocenters. The maximum atomic E-state index is 14.1. The lowest BCUT2D eigenvalue weighted by atomic mass is 9.99. The third-order valence-electron chi connectivity index (χ3n) is 8.70. The lowest BCUT2D eigenvalue weighted by molar-refractivity contribution is 0.0240. The average Bonchev–Trinajstić information content (AvgIpc) is 3.71. The van der Waals surface area contributed by atoms with Crippen molar-refractivity contribution in [1.82, 2.24) is 14.1 Å². The molecule has 2 aromatic carbocycles. The quantitative estimate of drug-likeness (QED) is 0.304. The van der Waals surface area contributed by atoms with Crippen LogP contribution in [-0.2, 0) is 21.3 Å². The highest BCUT2D eigenvalue weighted by atomic mass is 32.3. The Balaban J connectivity index is 1.36. The Kier molecular flexibility index (Phi) is 10.7. The van der Waals surface area contributed by atoms with Gasteiger partial charge in [-0.25, -0.2) is 17.5 Å². The van der Waals surface area contributed by atoms with Gasteiger partial charge in [-0.2, -0.15) is 0 Å². The Morgan fingerprint density at radius 3 is 2.40 bits per heavy atom. The molecule has 0 saturated carbocycles. The van der Waals surface area contributed by atoms with Gasteiger partial charge in [0, 0.05) is 68.9 Å². The maximum Gasteiger partial charge on any atom is 0.410 e. The number of carbonyl (C=O) groups excluding carboxylic acids is 2. The molecule has 3 aliphatic rings. The Hall–Kier alpha value is -3.42. The number of carbonyl (C=O) groups is 2. The lowest BCUT2D eigenvalue weighted by Crippen LogP contribution is -2.50. The van der Waals surface area contributed by atoms with Gasteiger partial charge in [0.05, 0.1) is 20.3 Å². The highest BCUT2D eigenvalue weighted by Crippen LogP contribution is 2.41. The van der Waals surface area contributed by atoms with Crippen molar-refractivity contribution in [3.8, 4) is 11.5 Å². The van der Waals surface area contributed by atoms with Crippen LogP contribution in [0.1, 0.15) is 67.6 Å². The first kappa shape index (κ1) is 34.9. The predicted molar refractivity (Wildman–Crippen MR) is 185 cm³/mol. The average molecular weight is 687 g/mol. The second-order valence-electron chi connectivity index (χ2n) is 13.0. The number of benzene rings is 2. The zero-order valence-electron chi connectivity index (χ0n) is 28.2. The number of piperazine rings is 1. The van der Waals surface area contributed by atoms with Gasteiger partial charge < -0.3 is 28.9 Å². The van der Waals surface area contributed by atoms with Crippen LogP contribution in [0.15, 0.2) is 46.7 Å². The number of fused-ring (bicyclic) bond motifs is 1. The molecule has 0 N–H and O–H groups in total. The summed E-state index contributed by atoms with van der Waals surface area (Å²) in [5.74, 6) is 1.87. The summed E-state index contributed by atoms with van der Waals surface area (Å²) in [6, 6.07) is 11.2. The first-order valence-electron chi connectivity index (χ1n) is 16.0. The third-order valence-corrected chi connectivity index (χ3v) is 12.3. The zero-order chi connectivity index (χ0) is 33.9. The Morgan fingerprint density at radius 2 is 1.77 bits per heavy atom. The molecule has 0 aromatic heterocycles. The van der Waals surface area contributed by atoms with E-state index in [1.807, 2.05) is 62.1 Å². The van der Waals surface area contributed by atoms with Crippen molar-refractivity contribution in [3.05, 3.63) is 63.4 Å². The predicted octanol–water partition coefficient (Wildman–Crippen LogP) is 5.48. The minimum absolute atomic E-state index is 0.0671. The fraction of sp³-hybridized carbons (Fsp3) is 0.529. The summed E-state index contributed by atoms with van der Waals surface area (Å²) in [4.78, 5) is 32.6. The summed E-state index contributed by atoms with van der Waals surface area (Å²) in [5.41, 5.74) is 2.93. The molecule has 2 aromatic rings. The number of hydrogen-bond acceptors (Lipinski definition) is 9. The summed E-state index contributed by atoms with van der Waals surface area (Å²) < 4.78 is 44.7. The van der Waals surface area contributed by atoms with Crippen molar-refractivity contribution in [2.45, 2.75) is 58.2 Å². The van der Waals surface area contributed by atoms with Crippen LogP contribution in [0.2, 0.25) is 0 Å². The Bertz CT molecular complexity index is 1610. The molecule has 3 aliphatic heterocycles. The topological polar surface area (TPSA) is 109 Å². The fourth-order valence-electron chi connectivity index (χ4n) is 6.26. The number of ether oxygens (including phenoxy) is 3. The molecule has 5 rings (SSSR count). The van der Waals surface area contributed by atoms with E-state index in [0.29, 0.717) is 73.4 Å². The number of nitrogens with zero attached hydrogens (tertiary/aromatic N) is 4. The number of methoxy groups -OCH3 is 2. The van der Waals surface area contributed by atoms with Crippen LogP contribution in [0.4, 0.5) is 10.5 Å². The van der Waals surface area contributed by atoms with Crippen molar-refractivity contribution in [3.63, 3.8) is 0 Å². The summed E-state index contributed by atoms with van der Waals surface area (Å²) in [6.07, 6.45) is 3.33. The number of hydrogen-bond donors (Lipinski definition) is 0. The smallest absolute Gasteiger partial charge is 0.410 e. The number of sulfonamides is 1. The second kappa shape index (κ2) is 14.4. The molecule has 1 saturated heterocycles. The number of anilines is 1. The van der Waals surface area contributed by atoms with E-state index in [1.165, 1.54) is 16.1 Å². The second-order valence-corrected chi connectivity index (χ2v) is 16.4. The number of allylic oxidation sites excluding steroid dienone is 1. The fourth-order valence-corrected chi connectivity index (χ4v) is 9.17. The summed E-state index contributed by atoms with van der Waals surface area (Å²) in [6.45, 7) is 8.61. The van der Waals surface area contributed by atoms with E-state index in [4.69, 9.17) is 14.2 Å². The van der Waals surface area contributed by atoms with E-state index in [0.717, 1.165) is 29.0 Å². The Labute approximate surface area is 282 Å². The molecular weight excluding hydrogens is 641 g/mol. The van der Waals surface area contributed by atoms with Crippen LogP contribution >= 0.6 is 11.8 Å². The monoisotopic (exact) mass is 686 g/mol. The van der Waals surface area contributed by atoms with Gasteiger partial charge in [0.2, 0.25) is 10.0 Å². The molecule has 47 heavy (non-hydrogen) atoms. The van der Waals surface area contributed by atoms with Crippen LogP contribution in [0.25, 0.3) is 0 Å². The third kappa shape index (κ3) is 7.68. The van der Waals surface area contributed by atoms with E-state index in [9.17, 15) is 18.0 Å². The van der Waals surface area contributed by atoms with Gasteiger partial charge in [0.15, 0.2) is 11.5 Å². The number of thioether (sulfide) groups is 1. The van der Waals surface area contributed by atoms with Gasteiger partial charge in [0.25, 0.3) is 5.91 Å². The zero-order valence-corrected chi connectivity index (χ0v) is 29.8. The molecule has 0 radical (unpaired) electrons. The van der Waals surface area contributed by atoms with E-state index in [2.05, 4.69) is 4.90 Å². The molecule has 256 valence electrons. The van der Waals surface area contributed by atoms with Gasteiger partial charge in [0.1, 0.15) is 9.84 Å². The van der Waals surface area contributed by atoms with Crippen molar-refractivity contribution in [2.75, 3.05) is 64.6 Å². The molecule has 13 heteroatoms. The van der Waals surface area contributed by atoms with Crippen molar-refractivity contribution in [2.24, 2.45) is 0 Å². The van der Waals surface area contributed by atoms with Crippen molar-refractivity contribution in [1.29, 1.82) is 0 Å². The van der Waals surface area contributed by atoms with E-state index >= 15 is 0 Å². The SMILES string of the molecule is COc1ccc([C@@H](CCCN(C)S(=O)(=O)C2=CCCS2)N2Cc3c(cccc3N3CCN(C(=O)OC(C)(C)C)CC3)C2=O)cc1OC. The maximum absolute atomic E-state index is 14.1. The highest BCUT2D eigenvalue weighted by Gasteiger charge is 2.37. The van der Waals surface area contributed by atoms with Crippen LogP contribution in [0.5, 0.6) is 11.5 Å². The first-order chi connectivity index (χ1) is 22.3. The van der Waals surface area contributed by atoms with Gasteiger partial charge >= 0.3 is 6.09 Å². The van der Waals surface area contributed by atoms with Crippen LogP contribution in [0, 0.1) is 0 Å². The van der Waals surface area contributed by atoms with Crippen LogP contribution in [0.3, 0.4) is 0 Å². The largest absolute Gasteiger partial charge is 0.493 e. The van der Waals surface area contributed by atoms with E-state index < -0.39 is 15.6 Å². The molecule has 0 spiro atoms. The van der Waals surface area contributed by atoms with Gasteiger partial charge in [-0.05, 0) is 69.9 Å². The van der Waals surface area contributed by atoms with E-state index in [1.54, 1.807) is 32.2 Å². The van der Waals surface area contributed by atoms with Crippen molar-refractivity contribution < 1.29 is 32.2 Å². The number of rotatable bonds is 11.